The topological polar surface area (TPSA) is 90.8 Å². The molecule has 0 radical (unpaired) electrons. The van der Waals surface area contributed by atoms with Crippen molar-refractivity contribution in [1.29, 1.82) is 0 Å². The minimum Gasteiger partial charge on any atom is -0.475 e. The van der Waals surface area contributed by atoms with Crippen molar-refractivity contribution in [2.24, 2.45) is 11.8 Å². The normalized spacial score (nSPS) is 20.4. The lowest BCUT2D eigenvalue weighted by Gasteiger charge is -2.21. The molecule has 0 bridgehead atoms. The molecule has 0 spiro atoms. The summed E-state index contributed by atoms with van der Waals surface area (Å²) in [4.78, 5) is 41.8. The monoisotopic (exact) mass is 421 g/mol. The Hall–Kier alpha value is -3.43. The summed E-state index contributed by atoms with van der Waals surface area (Å²) < 4.78 is 31.7. The molecule has 0 saturated carbocycles. The Balaban J connectivity index is 0.000000318. The molecule has 158 valence electrons. The third kappa shape index (κ3) is 4.58. The van der Waals surface area contributed by atoms with E-state index in [0.29, 0.717) is 25.3 Å². The second-order valence-electron chi connectivity index (χ2n) is 6.88. The maximum absolute atomic E-state index is 12.7. The Labute approximate surface area is 169 Å². The quantitative estimate of drug-likeness (QED) is 0.805. The van der Waals surface area contributed by atoms with E-state index in [1.807, 2.05) is 35.2 Å². The number of hydrogen-bond donors (Lipinski definition) is 1. The van der Waals surface area contributed by atoms with Crippen molar-refractivity contribution in [2.45, 2.75) is 6.18 Å². The number of pyridine rings is 1. The van der Waals surface area contributed by atoms with E-state index in [9.17, 15) is 22.8 Å². The Bertz CT molecular complexity index is 922. The molecule has 1 N–H and O–H groups in total. The predicted molar refractivity (Wildman–Crippen MR) is 99.6 cm³/mol. The van der Waals surface area contributed by atoms with Crippen LogP contribution in [0, 0.1) is 11.8 Å². The summed E-state index contributed by atoms with van der Waals surface area (Å²) in [5, 5.41) is 7.12. The van der Waals surface area contributed by atoms with Gasteiger partial charge in [0, 0.05) is 37.4 Å². The number of anilines is 1. The molecule has 2 aliphatic heterocycles. The molecule has 1 aromatic carbocycles. The number of amides is 2. The number of benzene rings is 1. The lowest BCUT2D eigenvalue weighted by Crippen LogP contribution is -2.35. The van der Waals surface area contributed by atoms with Crippen molar-refractivity contribution >= 4 is 23.5 Å². The van der Waals surface area contributed by atoms with Gasteiger partial charge in [0.05, 0.1) is 5.92 Å². The number of aliphatic carboxylic acids is 1. The highest BCUT2D eigenvalue weighted by atomic mass is 19.4. The van der Waals surface area contributed by atoms with Crippen LogP contribution in [0.3, 0.4) is 0 Å². The zero-order valence-electron chi connectivity index (χ0n) is 15.6. The molecule has 2 aliphatic rings. The van der Waals surface area contributed by atoms with Gasteiger partial charge < -0.3 is 14.9 Å². The van der Waals surface area contributed by atoms with Crippen molar-refractivity contribution < 1.29 is 32.7 Å². The van der Waals surface area contributed by atoms with Gasteiger partial charge in [-0.3, -0.25) is 14.6 Å². The zero-order valence-corrected chi connectivity index (χ0v) is 15.6. The number of fused-ring (bicyclic) bond motifs is 1. The van der Waals surface area contributed by atoms with Crippen LogP contribution < -0.4 is 4.90 Å². The highest BCUT2D eigenvalue weighted by Crippen LogP contribution is 2.35. The first-order valence-electron chi connectivity index (χ1n) is 9.05. The largest absolute Gasteiger partial charge is 0.490 e. The molecule has 2 amide bonds. The third-order valence-electron chi connectivity index (χ3n) is 4.92. The van der Waals surface area contributed by atoms with Crippen LogP contribution in [0.25, 0.3) is 0 Å². The summed E-state index contributed by atoms with van der Waals surface area (Å²) in [6.45, 7) is 1.79. The van der Waals surface area contributed by atoms with Gasteiger partial charge in [0.15, 0.2) is 0 Å². The number of aromatic nitrogens is 1. The Kier molecular flexibility index (Phi) is 6.04. The number of likely N-dealkylation sites (tertiary alicyclic amines) is 1. The van der Waals surface area contributed by atoms with Gasteiger partial charge in [0.25, 0.3) is 5.91 Å². The van der Waals surface area contributed by atoms with Crippen molar-refractivity contribution in [3.63, 3.8) is 0 Å². The summed E-state index contributed by atoms with van der Waals surface area (Å²) >= 11 is 0. The van der Waals surface area contributed by atoms with E-state index in [2.05, 4.69) is 4.98 Å². The molecule has 7 nitrogen and oxygen atoms in total. The molecular weight excluding hydrogens is 403 g/mol. The fourth-order valence-electron chi connectivity index (χ4n) is 3.52. The van der Waals surface area contributed by atoms with Crippen molar-refractivity contribution in [2.75, 3.05) is 24.5 Å². The summed E-state index contributed by atoms with van der Waals surface area (Å²) in [6.07, 6.45) is -3.47. The fourth-order valence-corrected chi connectivity index (χ4v) is 3.52. The van der Waals surface area contributed by atoms with E-state index < -0.39 is 12.1 Å². The molecule has 2 saturated heterocycles. The first kappa shape index (κ1) is 21.3. The third-order valence-corrected chi connectivity index (χ3v) is 4.92. The molecule has 1 aromatic heterocycles. The van der Waals surface area contributed by atoms with Crippen molar-refractivity contribution in [3.05, 3.63) is 60.4 Å². The molecule has 0 aliphatic carbocycles. The number of hydrogen-bond acceptors (Lipinski definition) is 4. The van der Waals surface area contributed by atoms with Gasteiger partial charge in [0.2, 0.25) is 5.91 Å². The van der Waals surface area contributed by atoms with Crippen LogP contribution in [-0.4, -0.2) is 58.6 Å². The molecule has 10 heteroatoms. The van der Waals surface area contributed by atoms with Crippen LogP contribution in [0.15, 0.2) is 54.7 Å². The molecule has 2 unspecified atom stereocenters. The van der Waals surface area contributed by atoms with E-state index in [1.165, 1.54) is 0 Å². The average molecular weight is 421 g/mol. The fraction of sp³-hybridized carbons (Fsp3) is 0.300. The van der Waals surface area contributed by atoms with Gasteiger partial charge in [0.1, 0.15) is 5.69 Å². The van der Waals surface area contributed by atoms with Crippen LogP contribution in [0.1, 0.15) is 10.5 Å². The molecule has 3 heterocycles. The number of carbonyl (C=O) groups excluding carboxylic acids is 2. The number of para-hydroxylation sites is 1. The van der Waals surface area contributed by atoms with Crippen molar-refractivity contribution in [1.82, 2.24) is 9.88 Å². The summed E-state index contributed by atoms with van der Waals surface area (Å²) in [5.74, 6) is -2.61. The van der Waals surface area contributed by atoms with Gasteiger partial charge in [-0.15, -0.1) is 0 Å². The Morgan fingerprint density at radius 3 is 2.17 bits per heavy atom. The number of rotatable bonds is 2. The first-order chi connectivity index (χ1) is 14.2. The summed E-state index contributed by atoms with van der Waals surface area (Å²) in [7, 11) is 0. The molecule has 2 aromatic rings. The molecule has 30 heavy (non-hydrogen) atoms. The number of halogens is 3. The van der Waals surface area contributed by atoms with Gasteiger partial charge in [-0.1, -0.05) is 24.3 Å². The maximum Gasteiger partial charge on any atom is 0.490 e. The van der Waals surface area contributed by atoms with Gasteiger partial charge >= 0.3 is 12.1 Å². The van der Waals surface area contributed by atoms with E-state index in [4.69, 9.17) is 9.90 Å². The summed E-state index contributed by atoms with van der Waals surface area (Å²) in [6, 6.07) is 15.0. The van der Waals surface area contributed by atoms with E-state index in [1.54, 1.807) is 29.3 Å². The minimum absolute atomic E-state index is 0.0842. The van der Waals surface area contributed by atoms with E-state index >= 15 is 0 Å². The van der Waals surface area contributed by atoms with Crippen LogP contribution >= 0.6 is 0 Å². The molecule has 2 fully saturated rings. The number of carbonyl (C=O) groups is 3. The SMILES string of the molecule is O=C(O)C(F)(F)F.O=C(c1ccccn1)N1CC2CN(c3ccccc3)C(=O)C2C1. The lowest BCUT2D eigenvalue weighted by atomic mass is 10.0. The Morgan fingerprint density at radius 1 is 1.00 bits per heavy atom. The van der Waals surface area contributed by atoms with E-state index in [0.717, 1.165) is 5.69 Å². The second-order valence-corrected chi connectivity index (χ2v) is 6.88. The minimum atomic E-state index is -5.08. The standard InChI is InChI=1S/C18H17N3O2.C2HF3O2/c22-17-15-12-20(18(23)16-8-4-5-9-19-16)10-13(15)11-21(17)14-6-2-1-3-7-14;3-2(4,5)1(6)7/h1-9,13,15H,10-12H2;(H,6,7). The second kappa shape index (κ2) is 8.52. The van der Waals surface area contributed by atoms with Crippen LogP contribution in [0.4, 0.5) is 18.9 Å². The zero-order chi connectivity index (χ0) is 21.9. The van der Waals surface area contributed by atoms with Crippen LogP contribution in [-0.2, 0) is 9.59 Å². The highest BCUT2D eigenvalue weighted by Gasteiger charge is 2.48. The number of nitrogens with zero attached hydrogens (tertiary/aromatic N) is 3. The van der Waals surface area contributed by atoms with Gasteiger partial charge in [-0.2, -0.15) is 13.2 Å². The average Bonchev–Trinajstić information content (AvgIpc) is 3.28. The van der Waals surface area contributed by atoms with Gasteiger partial charge in [-0.05, 0) is 24.3 Å². The van der Waals surface area contributed by atoms with Crippen LogP contribution in [0.2, 0.25) is 0 Å². The van der Waals surface area contributed by atoms with Crippen molar-refractivity contribution in [3.8, 4) is 0 Å². The number of carboxylic acids is 1. The first-order valence-corrected chi connectivity index (χ1v) is 9.05. The van der Waals surface area contributed by atoms with Crippen LogP contribution in [0.5, 0.6) is 0 Å². The van der Waals surface area contributed by atoms with E-state index in [-0.39, 0.29) is 23.7 Å². The highest BCUT2D eigenvalue weighted by molar-refractivity contribution is 5.99. The molecule has 4 rings (SSSR count). The summed E-state index contributed by atoms with van der Waals surface area (Å²) in [5.41, 5.74) is 1.38. The number of carboxylic acid groups (broad SMARTS) is 1. The van der Waals surface area contributed by atoms with Gasteiger partial charge in [-0.25, -0.2) is 4.79 Å². The molecular formula is C20H18F3N3O4. The predicted octanol–water partition coefficient (Wildman–Crippen LogP) is 2.45. The lowest BCUT2D eigenvalue weighted by molar-refractivity contribution is -0.192. The molecule has 2 atom stereocenters. The maximum atomic E-state index is 12.7. The Morgan fingerprint density at radius 2 is 1.63 bits per heavy atom. The number of alkyl halides is 3. The smallest absolute Gasteiger partial charge is 0.475 e.